The van der Waals surface area contributed by atoms with E-state index in [1.807, 2.05) is 6.92 Å². The van der Waals surface area contributed by atoms with Gasteiger partial charge in [-0.1, -0.05) is 59.8 Å². The number of allylic oxidation sites excluding steroid dienone is 2. The minimum Gasteiger partial charge on any atom is -0.512 e. The van der Waals surface area contributed by atoms with Crippen molar-refractivity contribution >= 4 is 5.78 Å². The fraction of sp³-hybridized carbons (Fsp3) is 0.839. The molecule has 5 aliphatic rings. The summed E-state index contributed by atoms with van der Waals surface area (Å²) in [6.07, 6.45) is 8.62. The number of hydrogen-bond acceptors (Lipinski definition) is 4. The number of carbonyl (C=O) groups excluding carboxylic acids is 1. The van der Waals surface area contributed by atoms with Crippen molar-refractivity contribution in [1.29, 1.82) is 0 Å². The lowest BCUT2D eigenvalue weighted by atomic mass is 9.33. The molecular formula is C31H48O4. The fourth-order valence-electron chi connectivity index (χ4n) is 10.9. The first kappa shape index (κ1) is 25.5. The molecule has 0 bridgehead atoms. The highest BCUT2D eigenvalue weighted by Gasteiger charge is 2.71. The summed E-state index contributed by atoms with van der Waals surface area (Å²) in [5, 5.41) is 33.9. The zero-order valence-corrected chi connectivity index (χ0v) is 23.1. The van der Waals surface area contributed by atoms with Crippen molar-refractivity contribution in [2.45, 2.75) is 112 Å². The highest BCUT2D eigenvalue weighted by molar-refractivity contribution is 5.89. The van der Waals surface area contributed by atoms with Crippen LogP contribution in [0.5, 0.6) is 0 Å². The van der Waals surface area contributed by atoms with Crippen molar-refractivity contribution < 1.29 is 20.1 Å². The van der Waals surface area contributed by atoms with Crippen molar-refractivity contribution in [3.63, 3.8) is 0 Å². The summed E-state index contributed by atoms with van der Waals surface area (Å²) in [4.78, 5) is 13.0. The largest absolute Gasteiger partial charge is 0.512 e. The second kappa shape index (κ2) is 7.25. The Balaban J connectivity index is 1.65. The fourth-order valence-corrected chi connectivity index (χ4v) is 10.9. The molecule has 5 rings (SSSR count). The van der Waals surface area contributed by atoms with Gasteiger partial charge in [0.25, 0.3) is 0 Å². The summed E-state index contributed by atoms with van der Waals surface area (Å²) in [6.45, 7) is 19.5. The summed E-state index contributed by atoms with van der Waals surface area (Å²) in [7, 11) is 0. The second-order valence-electron chi connectivity index (χ2n) is 14.8. The van der Waals surface area contributed by atoms with Crippen LogP contribution >= 0.6 is 0 Å². The lowest BCUT2D eigenvalue weighted by Crippen LogP contribution is -2.67. The van der Waals surface area contributed by atoms with Gasteiger partial charge in [-0.3, -0.25) is 4.79 Å². The van der Waals surface area contributed by atoms with Gasteiger partial charge < -0.3 is 15.3 Å². The van der Waals surface area contributed by atoms with E-state index in [1.54, 1.807) is 0 Å². The first-order valence-electron chi connectivity index (χ1n) is 14.0. The molecule has 0 aromatic carbocycles. The smallest absolute Gasteiger partial charge is 0.167 e. The first-order chi connectivity index (χ1) is 16.0. The van der Waals surface area contributed by atoms with Gasteiger partial charge in [0.15, 0.2) is 5.78 Å². The van der Waals surface area contributed by atoms with Gasteiger partial charge in [0.1, 0.15) is 6.10 Å². The van der Waals surface area contributed by atoms with E-state index in [0.29, 0.717) is 12.3 Å². The van der Waals surface area contributed by atoms with Crippen molar-refractivity contribution in [1.82, 2.24) is 0 Å². The third-order valence-corrected chi connectivity index (χ3v) is 13.3. The number of rotatable bonds is 1. The van der Waals surface area contributed by atoms with Crippen LogP contribution in [0, 0.1) is 50.7 Å². The van der Waals surface area contributed by atoms with Crippen LogP contribution < -0.4 is 0 Å². The monoisotopic (exact) mass is 484 g/mol. The lowest BCUT2D eigenvalue weighted by Gasteiger charge is -2.71. The van der Waals surface area contributed by atoms with Gasteiger partial charge in [-0.25, -0.2) is 0 Å². The molecule has 0 aliphatic heterocycles. The van der Waals surface area contributed by atoms with E-state index in [2.05, 4.69) is 54.2 Å². The maximum Gasteiger partial charge on any atom is 0.167 e. The molecule has 3 unspecified atom stereocenters. The molecule has 5 aliphatic carbocycles. The number of Topliss-reactive ketones (excluding diaryl/α,β-unsaturated/α-hetero) is 1. The second-order valence-corrected chi connectivity index (χ2v) is 14.8. The van der Waals surface area contributed by atoms with Crippen LogP contribution in [0.25, 0.3) is 0 Å². The van der Waals surface area contributed by atoms with E-state index in [0.717, 1.165) is 44.9 Å². The molecule has 4 heteroatoms. The average Bonchev–Trinajstić information content (AvgIpc) is 2.75. The Morgan fingerprint density at radius 3 is 2.29 bits per heavy atom. The number of carbonyl (C=O) groups is 1. The maximum absolute atomic E-state index is 13.0. The van der Waals surface area contributed by atoms with Gasteiger partial charge in [0.2, 0.25) is 0 Å². The van der Waals surface area contributed by atoms with Crippen LogP contribution in [0.2, 0.25) is 0 Å². The Morgan fingerprint density at radius 1 is 1.00 bits per heavy atom. The third kappa shape index (κ3) is 2.85. The predicted octanol–water partition coefficient (Wildman–Crippen LogP) is 6.37. The summed E-state index contributed by atoms with van der Waals surface area (Å²) >= 11 is 0. The number of fused-ring (bicyclic) bond motifs is 7. The summed E-state index contributed by atoms with van der Waals surface area (Å²) in [5.41, 5.74) is -0.770. The van der Waals surface area contributed by atoms with Crippen molar-refractivity contribution in [2.24, 2.45) is 50.7 Å². The van der Waals surface area contributed by atoms with Gasteiger partial charge in [-0.05, 0) is 92.3 Å². The van der Waals surface area contributed by atoms with E-state index in [4.69, 9.17) is 0 Å². The van der Waals surface area contributed by atoms with E-state index in [9.17, 15) is 20.1 Å². The topological polar surface area (TPSA) is 77.8 Å². The zero-order valence-electron chi connectivity index (χ0n) is 23.1. The van der Waals surface area contributed by atoms with Crippen LogP contribution in [-0.2, 0) is 4.79 Å². The van der Waals surface area contributed by atoms with Crippen LogP contribution in [0.3, 0.4) is 0 Å². The standard InChI is InChI=1S/C31H48O4/c1-18-11-14-31(19(2)32)16-15-28(6)20(24(31)30(18,8)35)9-10-23-27(5)17-21(33)25(34)26(3,4)22(27)12-13-29(23,28)7/h9,18,21-24,32-33,35H,2,10-17H2,1,3-8H3/t18-,21-,22?,23?,24?,27+,28-,29-,30-,31-/m1/s1. The number of aliphatic hydroxyl groups excluding tert-OH is 2. The first-order valence-corrected chi connectivity index (χ1v) is 14.0. The Morgan fingerprint density at radius 2 is 1.66 bits per heavy atom. The van der Waals surface area contributed by atoms with Crippen LogP contribution in [0.4, 0.5) is 0 Å². The molecule has 0 saturated heterocycles. The molecule has 0 amide bonds. The quantitative estimate of drug-likeness (QED) is 0.298. The zero-order chi connectivity index (χ0) is 26.0. The number of hydrogen-bond donors (Lipinski definition) is 3. The minimum atomic E-state index is -0.906. The molecule has 196 valence electrons. The van der Waals surface area contributed by atoms with Gasteiger partial charge in [0.05, 0.1) is 11.4 Å². The SMILES string of the molecule is C=C(O)[C@]12CC[C@@H](C)[C@@](C)(O)C1C1=CCC3[C@@]4(C)C[C@@H](O)C(=O)C(C)(C)C4CC[C@@]3(C)[C@]1(C)CC2. The molecule has 10 atom stereocenters. The Hall–Kier alpha value is -1.13. The van der Waals surface area contributed by atoms with Gasteiger partial charge in [-0.2, -0.15) is 0 Å². The van der Waals surface area contributed by atoms with Gasteiger partial charge >= 0.3 is 0 Å². The molecule has 0 radical (unpaired) electrons. The highest BCUT2D eigenvalue weighted by atomic mass is 16.3. The molecule has 4 nitrogen and oxygen atoms in total. The molecule has 0 aromatic heterocycles. The average molecular weight is 485 g/mol. The van der Waals surface area contributed by atoms with E-state index < -0.39 is 22.5 Å². The molecule has 3 N–H and O–H groups in total. The normalized spacial score (nSPS) is 55.1. The van der Waals surface area contributed by atoms with Crippen LogP contribution in [-0.4, -0.2) is 32.8 Å². The molecule has 35 heavy (non-hydrogen) atoms. The highest BCUT2D eigenvalue weighted by Crippen LogP contribution is 2.76. The summed E-state index contributed by atoms with van der Waals surface area (Å²) < 4.78 is 0. The van der Waals surface area contributed by atoms with Crippen molar-refractivity contribution in [3.05, 3.63) is 24.0 Å². The molecule has 0 aromatic rings. The van der Waals surface area contributed by atoms with Crippen molar-refractivity contribution in [2.75, 3.05) is 0 Å². The third-order valence-electron chi connectivity index (χ3n) is 13.3. The molecule has 4 fully saturated rings. The minimum absolute atomic E-state index is 0.00175. The molecular weight excluding hydrogens is 436 g/mol. The molecule has 0 spiro atoms. The lowest BCUT2D eigenvalue weighted by molar-refractivity contribution is -0.207. The van der Waals surface area contributed by atoms with Gasteiger partial charge in [0, 0.05) is 16.7 Å². The molecule has 0 heterocycles. The maximum atomic E-state index is 13.0. The number of ketones is 1. The Labute approximate surface area is 212 Å². The van der Waals surface area contributed by atoms with Crippen LogP contribution in [0.1, 0.15) is 99.8 Å². The Kier molecular flexibility index (Phi) is 5.28. The van der Waals surface area contributed by atoms with E-state index in [1.165, 1.54) is 5.57 Å². The summed E-state index contributed by atoms with van der Waals surface area (Å²) in [5.74, 6) is 0.908. The van der Waals surface area contributed by atoms with E-state index in [-0.39, 0.29) is 45.5 Å². The Bertz CT molecular complexity index is 992. The van der Waals surface area contributed by atoms with Gasteiger partial charge in [-0.15, -0.1) is 0 Å². The number of aliphatic hydroxyl groups is 3. The van der Waals surface area contributed by atoms with Crippen molar-refractivity contribution in [3.8, 4) is 0 Å². The van der Waals surface area contributed by atoms with E-state index >= 15 is 0 Å². The van der Waals surface area contributed by atoms with Crippen LogP contribution in [0.15, 0.2) is 24.0 Å². The summed E-state index contributed by atoms with van der Waals surface area (Å²) in [6, 6.07) is 0. The molecule has 4 saturated carbocycles. The predicted molar refractivity (Wildman–Crippen MR) is 139 cm³/mol.